The van der Waals surface area contributed by atoms with Crippen LogP contribution in [0.2, 0.25) is 0 Å². The number of carbonyl (C=O) groups is 1. The Labute approximate surface area is 141 Å². The molecular formula is C18H23N3OS. The highest BCUT2D eigenvalue weighted by Crippen LogP contribution is 2.28. The number of carbonyl (C=O) groups excluding carboxylic acids is 1. The van der Waals surface area contributed by atoms with Crippen molar-refractivity contribution >= 4 is 22.4 Å². The molecule has 1 N–H and O–H groups in total. The molecule has 2 aromatic rings. The Balaban J connectivity index is 1.72. The molecule has 23 heavy (non-hydrogen) atoms. The Morgan fingerprint density at radius 2 is 1.96 bits per heavy atom. The van der Waals surface area contributed by atoms with Gasteiger partial charge in [-0.1, -0.05) is 32.9 Å². The van der Waals surface area contributed by atoms with Gasteiger partial charge in [-0.15, -0.1) is 11.3 Å². The molecule has 1 aromatic carbocycles. The average molecular weight is 329 g/mol. The number of aromatic nitrogens is 1. The molecule has 0 saturated heterocycles. The summed E-state index contributed by atoms with van der Waals surface area (Å²) < 4.78 is 0. The van der Waals surface area contributed by atoms with Crippen LogP contribution in [0.5, 0.6) is 0 Å². The van der Waals surface area contributed by atoms with Crippen LogP contribution in [-0.2, 0) is 18.4 Å². The predicted octanol–water partition coefficient (Wildman–Crippen LogP) is 3.68. The number of anilines is 1. The van der Waals surface area contributed by atoms with Crippen molar-refractivity contribution in [3.63, 3.8) is 0 Å². The summed E-state index contributed by atoms with van der Waals surface area (Å²) in [5.41, 5.74) is 3.12. The van der Waals surface area contributed by atoms with Crippen LogP contribution in [0, 0.1) is 0 Å². The molecule has 0 aliphatic carbocycles. The van der Waals surface area contributed by atoms with Gasteiger partial charge >= 0.3 is 0 Å². The van der Waals surface area contributed by atoms with Crippen LogP contribution in [0.4, 0.5) is 5.13 Å². The molecule has 2 heterocycles. The number of fused-ring (bicyclic) bond motifs is 1. The summed E-state index contributed by atoms with van der Waals surface area (Å²) in [6.07, 6.45) is 0.957. The molecule has 1 aliphatic heterocycles. The zero-order chi connectivity index (χ0) is 16.6. The number of hydrogen-bond donors (Lipinski definition) is 1. The van der Waals surface area contributed by atoms with Gasteiger partial charge in [0.05, 0.1) is 5.69 Å². The average Bonchev–Trinajstić information content (AvgIpc) is 2.87. The van der Waals surface area contributed by atoms with E-state index in [1.54, 1.807) is 11.3 Å². The fourth-order valence-electron chi connectivity index (χ4n) is 2.67. The van der Waals surface area contributed by atoms with E-state index in [9.17, 15) is 4.79 Å². The minimum absolute atomic E-state index is 0.0927. The number of hydrogen-bond acceptors (Lipinski definition) is 4. The zero-order valence-corrected chi connectivity index (χ0v) is 15.0. The molecule has 1 amide bonds. The van der Waals surface area contributed by atoms with Gasteiger partial charge in [-0.25, -0.2) is 4.98 Å². The molecule has 0 saturated carbocycles. The molecule has 122 valence electrons. The summed E-state index contributed by atoms with van der Waals surface area (Å²) in [6, 6.07) is 7.82. The van der Waals surface area contributed by atoms with Gasteiger partial charge in [-0.3, -0.25) is 10.1 Å². The number of nitrogens with one attached hydrogen (secondary N) is 1. The first-order valence-electron chi connectivity index (χ1n) is 7.92. The molecule has 0 spiro atoms. The van der Waals surface area contributed by atoms with Crippen LogP contribution >= 0.6 is 11.3 Å². The van der Waals surface area contributed by atoms with E-state index in [4.69, 9.17) is 0 Å². The van der Waals surface area contributed by atoms with E-state index in [1.165, 1.54) is 10.4 Å². The lowest BCUT2D eigenvalue weighted by atomic mass is 9.87. The van der Waals surface area contributed by atoms with Gasteiger partial charge in [0.25, 0.3) is 5.91 Å². The number of thiazole rings is 1. The lowest BCUT2D eigenvalue weighted by Gasteiger charge is -2.20. The van der Waals surface area contributed by atoms with Gasteiger partial charge in [0.15, 0.2) is 5.13 Å². The maximum absolute atomic E-state index is 12.4. The molecular weight excluding hydrogens is 306 g/mol. The number of nitrogens with zero attached hydrogens (tertiary/aromatic N) is 2. The zero-order valence-electron chi connectivity index (χ0n) is 14.1. The lowest BCUT2D eigenvalue weighted by Crippen LogP contribution is -2.25. The largest absolute Gasteiger partial charge is 0.301 e. The molecule has 0 bridgehead atoms. The molecule has 3 rings (SSSR count). The van der Waals surface area contributed by atoms with Crippen LogP contribution in [0.3, 0.4) is 0 Å². The third-order valence-electron chi connectivity index (χ3n) is 4.16. The van der Waals surface area contributed by atoms with Crippen LogP contribution in [-0.4, -0.2) is 29.4 Å². The quantitative estimate of drug-likeness (QED) is 0.914. The van der Waals surface area contributed by atoms with Crippen molar-refractivity contribution in [1.29, 1.82) is 0 Å². The van der Waals surface area contributed by atoms with Gasteiger partial charge in [0.1, 0.15) is 0 Å². The topological polar surface area (TPSA) is 45.2 Å². The molecule has 0 atom stereocenters. The fourth-order valence-corrected chi connectivity index (χ4v) is 3.75. The molecule has 0 fully saturated rings. The van der Waals surface area contributed by atoms with E-state index < -0.39 is 0 Å². The Kier molecular flexibility index (Phi) is 4.25. The van der Waals surface area contributed by atoms with Crippen molar-refractivity contribution in [2.45, 2.75) is 39.2 Å². The third-order valence-corrected chi connectivity index (χ3v) is 5.15. The number of benzene rings is 1. The molecule has 4 nitrogen and oxygen atoms in total. The summed E-state index contributed by atoms with van der Waals surface area (Å²) in [4.78, 5) is 20.5. The molecule has 0 unspecified atom stereocenters. The van der Waals surface area contributed by atoms with Crippen LogP contribution in [0.25, 0.3) is 0 Å². The van der Waals surface area contributed by atoms with Crippen molar-refractivity contribution < 1.29 is 4.79 Å². The normalized spacial score (nSPS) is 15.3. The van der Waals surface area contributed by atoms with Crippen LogP contribution in [0.1, 0.15) is 47.3 Å². The van der Waals surface area contributed by atoms with Crippen molar-refractivity contribution in [1.82, 2.24) is 9.88 Å². The predicted molar refractivity (Wildman–Crippen MR) is 95.2 cm³/mol. The van der Waals surface area contributed by atoms with Crippen LogP contribution < -0.4 is 5.32 Å². The molecule has 1 aliphatic rings. The Morgan fingerprint density at radius 3 is 2.61 bits per heavy atom. The second-order valence-corrected chi connectivity index (χ2v) is 8.24. The SMILES string of the molecule is CN1CCc2nc(NC(=O)c3ccc(C(C)(C)C)cc3)sc2C1. The Hall–Kier alpha value is -1.72. The highest BCUT2D eigenvalue weighted by atomic mass is 32.1. The van der Waals surface area contributed by atoms with Gasteiger partial charge in [0.2, 0.25) is 0 Å². The monoisotopic (exact) mass is 329 g/mol. The van der Waals surface area contributed by atoms with Gasteiger partial charge in [0, 0.05) is 30.0 Å². The first-order chi connectivity index (χ1) is 10.8. The van der Waals surface area contributed by atoms with Crippen LogP contribution in [0.15, 0.2) is 24.3 Å². The van der Waals surface area contributed by atoms with Crippen molar-refractivity contribution in [2.24, 2.45) is 0 Å². The smallest absolute Gasteiger partial charge is 0.257 e. The highest BCUT2D eigenvalue weighted by molar-refractivity contribution is 7.15. The third kappa shape index (κ3) is 3.62. The van der Waals surface area contributed by atoms with E-state index in [0.29, 0.717) is 10.7 Å². The standard InChI is InChI=1S/C18H23N3OS/c1-18(2,3)13-7-5-12(6-8-13)16(22)20-17-19-14-9-10-21(4)11-15(14)23-17/h5-8H,9-11H2,1-4H3,(H,19,20,22). The number of amides is 1. The number of likely N-dealkylation sites (N-methyl/N-ethyl adjacent to an activating group) is 1. The maximum Gasteiger partial charge on any atom is 0.257 e. The summed E-state index contributed by atoms with van der Waals surface area (Å²) in [5, 5.41) is 3.64. The first kappa shape index (κ1) is 16.1. The van der Waals surface area contributed by atoms with E-state index in [-0.39, 0.29) is 11.3 Å². The highest BCUT2D eigenvalue weighted by Gasteiger charge is 2.20. The van der Waals surface area contributed by atoms with Gasteiger partial charge in [-0.2, -0.15) is 0 Å². The summed E-state index contributed by atoms with van der Waals surface area (Å²) in [6.45, 7) is 8.44. The summed E-state index contributed by atoms with van der Waals surface area (Å²) in [7, 11) is 2.11. The number of rotatable bonds is 2. The van der Waals surface area contributed by atoms with Crippen molar-refractivity contribution in [3.8, 4) is 0 Å². The molecule has 1 aromatic heterocycles. The van der Waals surface area contributed by atoms with E-state index in [0.717, 1.165) is 25.2 Å². The second-order valence-electron chi connectivity index (χ2n) is 7.16. The minimum Gasteiger partial charge on any atom is -0.301 e. The summed E-state index contributed by atoms with van der Waals surface area (Å²) in [5.74, 6) is -0.0927. The minimum atomic E-state index is -0.0927. The van der Waals surface area contributed by atoms with E-state index >= 15 is 0 Å². The van der Waals surface area contributed by atoms with Gasteiger partial charge < -0.3 is 4.90 Å². The molecule has 5 heteroatoms. The molecule has 0 radical (unpaired) electrons. The Bertz CT molecular complexity index is 713. The van der Waals surface area contributed by atoms with Crippen molar-refractivity contribution in [3.05, 3.63) is 46.0 Å². The fraction of sp³-hybridized carbons (Fsp3) is 0.444. The van der Waals surface area contributed by atoms with E-state index in [2.05, 4.69) is 43.0 Å². The lowest BCUT2D eigenvalue weighted by molar-refractivity contribution is 0.102. The first-order valence-corrected chi connectivity index (χ1v) is 8.73. The van der Waals surface area contributed by atoms with Gasteiger partial charge in [-0.05, 0) is 30.2 Å². The second kappa shape index (κ2) is 6.06. The van der Waals surface area contributed by atoms with E-state index in [1.807, 2.05) is 24.3 Å². The Morgan fingerprint density at radius 1 is 1.26 bits per heavy atom. The summed E-state index contributed by atoms with van der Waals surface area (Å²) >= 11 is 1.58. The van der Waals surface area contributed by atoms with Crippen molar-refractivity contribution in [2.75, 3.05) is 18.9 Å². The maximum atomic E-state index is 12.4.